The summed E-state index contributed by atoms with van der Waals surface area (Å²) in [5.41, 5.74) is 0. The number of hydrogen-bond donors (Lipinski definition) is 0. The van der Waals surface area contributed by atoms with E-state index in [4.69, 9.17) is 28.4 Å². The summed E-state index contributed by atoms with van der Waals surface area (Å²) in [4.78, 5) is 23.5. The molecule has 0 heterocycles. The second-order valence-electron chi connectivity index (χ2n) is 6.33. The van der Waals surface area contributed by atoms with Crippen LogP contribution in [0.25, 0.3) is 0 Å². The minimum absolute atomic E-state index is 0.00932. The number of esters is 2. The number of carbonyl (C=O) groups is 2. The molecule has 2 aromatic rings. The molecule has 0 amide bonds. The molecule has 0 atom stereocenters. The van der Waals surface area contributed by atoms with Gasteiger partial charge in [-0.15, -0.1) is 0 Å². The average molecular weight is 602 g/mol. The third-order valence-electron chi connectivity index (χ3n) is 3.89. The molecular weight excluding hydrogens is 576 g/mol. The van der Waals surface area contributed by atoms with Gasteiger partial charge in [0.1, 0.15) is 26.4 Å². The van der Waals surface area contributed by atoms with E-state index in [1.54, 1.807) is 24.3 Å². The highest BCUT2D eigenvalue weighted by Crippen LogP contribution is 2.27. The van der Waals surface area contributed by atoms with Crippen LogP contribution in [0.5, 0.6) is 23.0 Å². The Morgan fingerprint density at radius 3 is 1.21 bits per heavy atom. The molecule has 34 heavy (non-hydrogen) atoms. The van der Waals surface area contributed by atoms with Gasteiger partial charge in [-0.3, -0.25) is 0 Å². The number of alkyl halides is 2. The lowest BCUT2D eigenvalue weighted by molar-refractivity contribution is -0.141. The second-order valence-corrected chi connectivity index (χ2v) is 7.92. The first-order valence-electron chi connectivity index (χ1n) is 10.5. The van der Waals surface area contributed by atoms with Crippen molar-refractivity contribution in [2.45, 2.75) is 0 Å². The summed E-state index contributed by atoms with van der Waals surface area (Å²) >= 11 is 6.60. The van der Waals surface area contributed by atoms with Gasteiger partial charge in [0.15, 0.2) is 23.0 Å². The van der Waals surface area contributed by atoms with Crippen molar-refractivity contribution >= 4 is 43.8 Å². The van der Waals surface area contributed by atoms with Gasteiger partial charge in [-0.2, -0.15) is 0 Å². The molecule has 0 saturated heterocycles. The highest BCUT2D eigenvalue weighted by molar-refractivity contribution is 9.09. The molecule has 8 nitrogen and oxygen atoms in total. The summed E-state index contributed by atoms with van der Waals surface area (Å²) in [6.45, 7) is 1.29. The second kappa shape index (κ2) is 16.8. The topological polar surface area (TPSA) is 89.5 Å². The van der Waals surface area contributed by atoms with Crippen molar-refractivity contribution in [3.63, 3.8) is 0 Å². The third-order valence-corrected chi connectivity index (χ3v) is 4.54. The number of ether oxygens (including phenoxy) is 6. The van der Waals surface area contributed by atoms with Crippen LogP contribution in [0.2, 0.25) is 0 Å². The molecule has 2 rings (SSSR count). The largest absolute Gasteiger partial charge is 0.489 e. The van der Waals surface area contributed by atoms with Crippen LogP contribution in [0.15, 0.2) is 60.7 Å². The van der Waals surface area contributed by atoms with Crippen molar-refractivity contribution in [2.24, 2.45) is 0 Å². The van der Waals surface area contributed by atoms with E-state index in [-0.39, 0.29) is 26.4 Å². The van der Waals surface area contributed by atoms with Crippen LogP contribution < -0.4 is 18.9 Å². The van der Waals surface area contributed by atoms with Crippen molar-refractivity contribution < 1.29 is 38.0 Å². The van der Waals surface area contributed by atoms with Gasteiger partial charge >= 0.3 is 11.9 Å². The van der Waals surface area contributed by atoms with Gasteiger partial charge < -0.3 is 28.4 Å². The number of rotatable bonds is 16. The van der Waals surface area contributed by atoms with E-state index >= 15 is 0 Å². The van der Waals surface area contributed by atoms with Gasteiger partial charge in [-0.1, -0.05) is 56.1 Å². The average Bonchev–Trinajstić information content (AvgIpc) is 2.86. The molecule has 0 spiro atoms. The number of para-hydroxylation sites is 4. The summed E-state index contributed by atoms with van der Waals surface area (Å²) in [6, 6.07) is 14.4. The molecule has 0 bridgehead atoms. The molecule has 0 aliphatic rings. The van der Waals surface area contributed by atoms with Crippen LogP contribution in [0.1, 0.15) is 0 Å². The molecule has 0 radical (unpaired) electrons. The Hall–Kier alpha value is -2.72. The first-order valence-corrected chi connectivity index (χ1v) is 12.7. The van der Waals surface area contributed by atoms with Crippen LogP contribution in [0.4, 0.5) is 0 Å². The standard InChI is InChI=1S/C24H26Br2O8/c25-11-13-29-19-5-1-3-7-21(19)31-15-17-33-23(27)9-10-24(28)34-18-16-32-22-8-4-2-6-20(22)30-14-12-26/h1-10H,11-18H2/b10-9+. The summed E-state index contributed by atoms with van der Waals surface area (Å²) < 4.78 is 32.3. The number of benzene rings is 2. The Labute approximate surface area is 215 Å². The van der Waals surface area contributed by atoms with Crippen molar-refractivity contribution in [1.29, 1.82) is 0 Å². The molecule has 0 aliphatic heterocycles. The van der Waals surface area contributed by atoms with Crippen molar-refractivity contribution in [2.75, 3.05) is 50.3 Å². The minimum Gasteiger partial charge on any atom is -0.489 e. The maximum Gasteiger partial charge on any atom is 0.331 e. The van der Waals surface area contributed by atoms with E-state index in [0.717, 1.165) is 12.2 Å². The lowest BCUT2D eigenvalue weighted by Gasteiger charge is -2.12. The van der Waals surface area contributed by atoms with E-state index in [1.165, 1.54) is 0 Å². The quantitative estimate of drug-likeness (QED) is 0.122. The SMILES string of the molecule is O=C(/C=C/C(=O)OCCOc1ccccc1OCCBr)OCCOc1ccccc1OCCBr. The number of halogens is 2. The van der Waals surface area contributed by atoms with E-state index in [2.05, 4.69) is 31.9 Å². The molecule has 0 fully saturated rings. The molecular formula is C24H26Br2O8. The normalized spacial score (nSPS) is 10.5. The fourth-order valence-corrected chi connectivity index (χ4v) is 2.82. The van der Waals surface area contributed by atoms with E-state index in [1.807, 2.05) is 24.3 Å². The molecule has 0 unspecified atom stereocenters. The molecule has 10 heteroatoms. The first-order chi connectivity index (χ1) is 16.6. The fraction of sp³-hybridized carbons (Fsp3) is 0.333. The highest BCUT2D eigenvalue weighted by Gasteiger charge is 2.07. The van der Waals surface area contributed by atoms with Gasteiger partial charge in [-0.25, -0.2) is 9.59 Å². The third kappa shape index (κ3) is 10.9. The highest BCUT2D eigenvalue weighted by atomic mass is 79.9. The monoisotopic (exact) mass is 600 g/mol. The Bertz CT molecular complexity index is 846. The van der Waals surface area contributed by atoms with Crippen LogP contribution >= 0.6 is 31.9 Å². The Balaban J connectivity index is 1.62. The maximum absolute atomic E-state index is 11.8. The van der Waals surface area contributed by atoms with Gasteiger partial charge in [0, 0.05) is 22.8 Å². The zero-order chi connectivity index (χ0) is 24.4. The number of carbonyl (C=O) groups excluding carboxylic acids is 2. The lowest BCUT2D eigenvalue weighted by atomic mass is 10.3. The van der Waals surface area contributed by atoms with Gasteiger partial charge in [0.2, 0.25) is 0 Å². The Morgan fingerprint density at radius 2 is 0.882 bits per heavy atom. The van der Waals surface area contributed by atoms with E-state index in [0.29, 0.717) is 46.9 Å². The lowest BCUT2D eigenvalue weighted by Crippen LogP contribution is -2.13. The van der Waals surface area contributed by atoms with Crippen LogP contribution in [0, 0.1) is 0 Å². The van der Waals surface area contributed by atoms with Crippen molar-refractivity contribution in [3.8, 4) is 23.0 Å². The smallest absolute Gasteiger partial charge is 0.331 e. The summed E-state index contributed by atoms with van der Waals surface area (Å²) in [5.74, 6) is 0.956. The summed E-state index contributed by atoms with van der Waals surface area (Å²) in [6.07, 6.45) is 2.00. The Kier molecular flexibility index (Phi) is 13.6. The molecule has 0 saturated carbocycles. The van der Waals surface area contributed by atoms with Crippen LogP contribution in [0.3, 0.4) is 0 Å². The van der Waals surface area contributed by atoms with Gasteiger partial charge in [0.25, 0.3) is 0 Å². The van der Waals surface area contributed by atoms with E-state index < -0.39 is 11.9 Å². The molecule has 0 aromatic heterocycles. The van der Waals surface area contributed by atoms with Gasteiger partial charge in [-0.05, 0) is 24.3 Å². The minimum atomic E-state index is -0.682. The van der Waals surface area contributed by atoms with Crippen LogP contribution in [-0.2, 0) is 19.1 Å². The number of hydrogen-bond acceptors (Lipinski definition) is 8. The fourth-order valence-electron chi connectivity index (χ4n) is 2.49. The van der Waals surface area contributed by atoms with Gasteiger partial charge in [0.05, 0.1) is 13.2 Å². The maximum atomic E-state index is 11.8. The predicted molar refractivity (Wildman–Crippen MR) is 134 cm³/mol. The first kappa shape index (κ1) is 27.5. The van der Waals surface area contributed by atoms with E-state index in [9.17, 15) is 9.59 Å². The molecule has 0 aliphatic carbocycles. The molecule has 0 N–H and O–H groups in total. The predicted octanol–water partition coefficient (Wildman–Crippen LogP) is 4.33. The zero-order valence-corrected chi connectivity index (χ0v) is 21.6. The van der Waals surface area contributed by atoms with Crippen molar-refractivity contribution in [3.05, 3.63) is 60.7 Å². The van der Waals surface area contributed by atoms with Crippen molar-refractivity contribution in [1.82, 2.24) is 0 Å². The van der Waals surface area contributed by atoms with Crippen LogP contribution in [-0.4, -0.2) is 62.2 Å². The summed E-state index contributed by atoms with van der Waals surface area (Å²) in [7, 11) is 0. The molecule has 2 aromatic carbocycles. The summed E-state index contributed by atoms with van der Waals surface area (Å²) in [5, 5.41) is 1.39. The zero-order valence-electron chi connectivity index (χ0n) is 18.5. The Morgan fingerprint density at radius 1 is 0.559 bits per heavy atom. The molecule has 184 valence electrons.